The molecule has 0 amide bonds. The van der Waals surface area contributed by atoms with Crippen molar-refractivity contribution in [3.63, 3.8) is 0 Å². The molecule has 2 aromatic heterocycles. The van der Waals surface area contributed by atoms with Crippen LogP contribution in [-0.2, 0) is 0 Å². The molecule has 0 N–H and O–H groups in total. The lowest BCUT2D eigenvalue weighted by atomic mass is 10.0. The van der Waals surface area contributed by atoms with Crippen LogP contribution in [-0.4, -0.2) is 29.0 Å². The molecular weight excluding hydrogens is 276 g/mol. The first-order chi connectivity index (χ1) is 10.7. The molecule has 4 aromatic rings. The van der Waals surface area contributed by atoms with Gasteiger partial charge < -0.3 is 9.32 Å². The second-order valence-corrected chi connectivity index (χ2v) is 5.37. The molecule has 0 spiro atoms. The third-order valence-corrected chi connectivity index (χ3v) is 3.63. The molecule has 2 heterocycles. The van der Waals surface area contributed by atoms with Crippen molar-refractivity contribution in [3.8, 4) is 11.1 Å². The van der Waals surface area contributed by atoms with E-state index in [4.69, 9.17) is 4.42 Å². The minimum atomic E-state index is 0.712. The summed E-state index contributed by atoms with van der Waals surface area (Å²) in [5, 5.41) is 1.02. The van der Waals surface area contributed by atoms with Gasteiger partial charge in [0.05, 0.1) is 5.52 Å². The lowest BCUT2D eigenvalue weighted by Gasteiger charge is -2.10. The Hall–Kier alpha value is -2.95. The van der Waals surface area contributed by atoms with Crippen molar-refractivity contribution in [3.05, 3.63) is 49.0 Å². The van der Waals surface area contributed by atoms with Crippen LogP contribution in [0.1, 0.15) is 0 Å². The third kappa shape index (κ3) is 2.07. The van der Waals surface area contributed by atoms with Gasteiger partial charge in [0.2, 0.25) is 5.95 Å². The second kappa shape index (κ2) is 4.80. The van der Waals surface area contributed by atoms with Gasteiger partial charge >= 0.3 is 0 Å². The first-order valence-electron chi connectivity index (χ1n) is 6.98. The Morgan fingerprint density at radius 2 is 1.73 bits per heavy atom. The minimum Gasteiger partial charge on any atom is -0.443 e. The largest absolute Gasteiger partial charge is 0.443 e. The molecular formula is C17H14N4O. The summed E-state index contributed by atoms with van der Waals surface area (Å²) >= 11 is 0. The molecule has 0 fully saturated rings. The summed E-state index contributed by atoms with van der Waals surface area (Å²) in [6.45, 7) is 0. The predicted octanol–water partition coefficient (Wildman–Crippen LogP) is 3.50. The van der Waals surface area contributed by atoms with Gasteiger partial charge in [-0.15, -0.1) is 0 Å². The van der Waals surface area contributed by atoms with Crippen molar-refractivity contribution in [2.45, 2.75) is 0 Å². The highest BCUT2D eigenvalue weighted by Crippen LogP contribution is 2.26. The van der Waals surface area contributed by atoms with Crippen molar-refractivity contribution in [2.24, 2.45) is 0 Å². The fraction of sp³-hybridized carbons (Fsp3) is 0.118. The highest BCUT2D eigenvalue weighted by Gasteiger charge is 2.06. The molecule has 0 aliphatic heterocycles. The number of nitrogens with zero attached hydrogens (tertiary/aromatic N) is 4. The zero-order valence-electron chi connectivity index (χ0n) is 12.3. The number of rotatable bonds is 2. The molecule has 5 nitrogen and oxygen atoms in total. The van der Waals surface area contributed by atoms with Crippen LogP contribution in [0.25, 0.3) is 33.1 Å². The summed E-state index contributed by atoms with van der Waals surface area (Å²) in [6.07, 6.45) is 3.32. The van der Waals surface area contributed by atoms with E-state index in [-0.39, 0.29) is 0 Å². The number of fused-ring (bicyclic) bond motifs is 2. The van der Waals surface area contributed by atoms with E-state index in [0.717, 1.165) is 33.1 Å². The molecule has 108 valence electrons. The van der Waals surface area contributed by atoms with Crippen LogP contribution in [0.4, 0.5) is 5.95 Å². The number of oxazole rings is 1. The summed E-state index contributed by atoms with van der Waals surface area (Å²) in [5.74, 6) is 0.712. The Morgan fingerprint density at radius 3 is 2.59 bits per heavy atom. The first-order valence-corrected chi connectivity index (χ1v) is 6.98. The molecule has 0 aliphatic rings. The zero-order valence-corrected chi connectivity index (χ0v) is 12.3. The molecule has 2 aromatic carbocycles. The van der Waals surface area contributed by atoms with Gasteiger partial charge in [-0.25, -0.2) is 15.0 Å². The highest BCUT2D eigenvalue weighted by molar-refractivity contribution is 5.87. The maximum Gasteiger partial charge on any atom is 0.225 e. The third-order valence-electron chi connectivity index (χ3n) is 3.63. The summed E-state index contributed by atoms with van der Waals surface area (Å²) in [4.78, 5) is 15.0. The van der Waals surface area contributed by atoms with Crippen LogP contribution >= 0.6 is 0 Å². The van der Waals surface area contributed by atoms with E-state index < -0.39 is 0 Å². The first kappa shape index (κ1) is 12.8. The standard InChI is InChI=1S/C17H14N4O/c1-21(2)17-18-9-13-7-11(3-5-14(13)20-17)12-4-6-16-15(8-12)19-10-22-16/h3-10H,1-2H3. The van der Waals surface area contributed by atoms with Crippen LogP contribution < -0.4 is 4.90 Å². The van der Waals surface area contributed by atoms with E-state index in [1.165, 1.54) is 6.39 Å². The monoisotopic (exact) mass is 290 g/mol. The van der Waals surface area contributed by atoms with Crippen molar-refractivity contribution in [1.29, 1.82) is 0 Å². The number of hydrogen-bond donors (Lipinski definition) is 0. The normalized spacial score (nSPS) is 11.2. The van der Waals surface area contributed by atoms with Crippen LogP contribution in [0, 0.1) is 0 Å². The van der Waals surface area contributed by atoms with Crippen LogP contribution in [0.2, 0.25) is 0 Å². The molecule has 5 heteroatoms. The van der Waals surface area contributed by atoms with Gasteiger partial charge in [-0.05, 0) is 35.4 Å². The Bertz CT molecular complexity index is 975. The van der Waals surface area contributed by atoms with Crippen molar-refractivity contribution < 1.29 is 4.42 Å². The minimum absolute atomic E-state index is 0.712. The average Bonchev–Trinajstić information content (AvgIpc) is 3.01. The molecule has 4 rings (SSSR count). The lowest BCUT2D eigenvalue weighted by Crippen LogP contribution is -2.12. The maximum absolute atomic E-state index is 5.28. The summed E-state index contributed by atoms with van der Waals surface area (Å²) < 4.78 is 5.28. The van der Waals surface area contributed by atoms with Gasteiger partial charge in [0, 0.05) is 25.7 Å². The molecule has 0 saturated heterocycles. The van der Waals surface area contributed by atoms with E-state index >= 15 is 0 Å². The lowest BCUT2D eigenvalue weighted by molar-refractivity contribution is 0.602. The van der Waals surface area contributed by atoms with E-state index in [2.05, 4.69) is 27.1 Å². The zero-order chi connectivity index (χ0) is 15.1. The summed E-state index contributed by atoms with van der Waals surface area (Å²) in [5.41, 5.74) is 4.80. The topological polar surface area (TPSA) is 55.1 Å². The van der Waals surface area contributed by atoms with E-state index in [1.807, 2.05) is 49.5 Å². The van der Waals surface area contributed by atoms with Gasteiger partial charge in [0.25, 0.3) is 0 Å². The van der Waals surface area contributed by atoms with Gasteiger partial charge in [0.1, 0.15) is 5.52 Å². The van der Waals surface area contributed by atoms with Crippen molar-refractivity contribution in [2.75, 3.05) is 19.0 Å². The van der Waals surface area contributed by atoms with Gasteiger partial charge in [0.15, 0.2) is 12.0 Å². The van der Waals surface area contributed by atoms with Crippen LogP contribution in [0.5, 0.6) is 0 Å². The van der Waals surface area contributed by atoms with Crippen LogP contribution in [0.3, 0.4) is 0 Å². The number of aromatic nitrogens is 3. The summed E-state index contributed by atoms with van der Waals surface area (Å²) in [6, 6.07) is 12.2. The average molecular weight is 290 g/mol. The molecule has 0 bridgehead atoms. The number of hydrogen-bond acceptors (Lipinski definition) is 5. The number of anilines is 1. The molecule has 0 saturated carbocycles. The molecule has 0 radical (unpaired) electrons. The van der Waals surface area contributed by atoms with Gasteiger partial charge in [-0.2, -0.15) is 0 Å². The van der Waals surface area contributed by atoms with E-state index in [1.54, 1.807) is 0 Å². The highest BCUT2D eigenvalue weighted by atomic mass is 16.3. The van der Waals surface area contributed by atoms with Crippen LogP contribution in [0.15, 0.2) is 53.4 Å². The van der Waals surface area contributed by atoms with E-state index in [0.29, 0.717) is 5.95 Å². The quantitative estimate of drug-likeness (QED) is 0.565. The van der Waals surface area contributed by atoms with Crippen molar-refractivity contribution in [1.82, 2.24) is 15.0 Å². The Morgan fingerprint density at radius 1 is 0.909 bits per heavy atom. The fourth-order valence-corrected chi connectivity index (χ4v) is 2.46. The Labute approximate surface area is 127 Å². The Kier molecular flexibility index (Phi) is 2.79. The van der Waals surface area contributed by atoms with Gasteiger partial charge in [-0.1, -0.05) is 12.1 Å². The molecule has 22 heavy (non-hydrogen) atoms. The smallest absolute Gasteiger partial charge is 0.225 e. The summed E-state index contributed by atoms with van der Waals surface area (Å²) in [7, 11) is 3.87. The van der Waals surface area contributed by atoms with Crippen molar-refractivity contribution >= 4 is 28.0 Å². The van der Waals surface area contributed by atoms with E-state index in [9.17, 15) is 0 Å². The molecule has 0 atom stereocenters. The number of benzene rings is 2. The Balaban J connectivity index is 1.83. The maximum atomic E-state index is 5.28. The molecule has 0 aliphatic carbocycles. The predicted molar refractivity (Wildman–Crippen MR) is 86.9 cm³/mol. The SMILES string of the molecule is CN(C)c1ncc2cc(-c3ccc4ocnc4c3)ccc2n1. The fourth-order valence-electron chi connectivity index (χ4n) is 2.46. The van der Waals surface area contributed by atoms with Gasteiger partial charge in [-0.3, -0.25) is 0 Å². The molecule has 0 unspecified atom stereocenters. The second-order valence-electron chi connectivity index (χ2n) is 5.37.